The second kappa shape index (κ2) is 8.62. The number of aromatic nitrogens is 1. The number of thiophene rings is 1. The molecule has 1 amide bonds. The number of amides is 1. The Bertz CT molecular complexity index is 1160. The fourth-order valence-corrected chi connectivity index (χ4v) is 4.80. The molecule has 0 aliphatic carbocycles. The van der Waals surface area contributed by atoms with Crippen molar-refractivity contribution >= 4 is 50.8 Å². The van der Waals surface area contributed by atoms with Crippen molar-refractivity contribution in [1.82, 2.24) is 5.16 Å². The van der Waals surface area contributed by atoms with Crippen molar-refractivity contribution in [2.45, 2.75) is 31.4 Å². The van der Waals surface area contributed by atoms with Crippen molar-refractivity contribution in [3.63, 3.8) is 0 Å². The number of carbonyl (C=O) groups excluding carboxylic acids is 1. The number of nitrogens with zero attached hydrogens (tertiary/aromatic N) is 1. The van der Waals surface area contributed by atoms with E-state index in [0.717, 1.165) is 21.8 Å². The number of carbonyl (C=O) groups is 1. The van der Waals surface area contributed by atoms with Gasteiger partial charge in [-0.1, -0.05) is 24.2 Å². The van der Waals surface area contributed by atoms with E-state index in [1.54, 1.807) is 56.3 Å². The summed E-state index contributed by atoms with van der Waals surface area (Å²) in [4.78, 5) is 12.4. The molecule has 0 aliphatic rings. The number of hydrogen-bond donors (Lipinski definition) is 2. The standard InChI is InChI=1S/C20H21N3O4S2/c1-4-18(24)21-20-14(3)22-27-17(20)10-8-16-9-11-19(28-16)29(25,26)23-15-7-5-6-13(2)12-15/h5-12,23H,4H2,1-3H3,(H,21,24). The minimum absolute atomic E-state index is 0.141. The van der Waals surface area contributed by atoms with Crippen LogP contribution in [0, 0.1) is 13.8 Å². The van der Waals surface area contributed by atoms with Gasteiger partial charge in [0.15, 0.2) is 5.76 Å². The zero-order valence-electron chi connectivity index (χ0n) is 16.2. The van der Waals surface area contributed by atoms with Crippen LogP contribution < -0.4 is 10.0 Å². The van der Waals surface area contributed by atoms with Crippen molar-refractivity contribution < 1.29 is 17.7 Å². The van der Waals surface area contributed by atoms with E-state index >= 15 is 0 Å². The maximum atomic E-state index is 12.6. The molecule has 29 heavy (non-hydrogen) atoms. The van der Waals surface area contributed by atoms with Gasteiger partial charge in [0, 0.05) is 17.0 Å². The molecule has 0 radical (unpaired) electrons. The van der Waals surface area contributed by atoms with Crippen molar-refractivity contribution in [2.24, 2.45) is 0 Å². The summed E-state index contributed by atoms with van der Waals surface area (Å²) in [6.07, 6.45) is 3.72. The molecule has 0 unspecified atom stereocenters. The molecule has 0 bridgehead atoms. The maximum absolute atomic E-state index is 12.6. The summed E-state index contributed by atoms with van der Waals surface area (Å²) in [6.45, 7) is 5.39. The van der Waals surface area contributed by atoms with Crippen LogP contribution in [0.15, 0.2) is 45.1 Å². The molecule has 0 fully saturated rings. The molecular formula is C20H21N3O4S2. The first kappa shape index (κ1) is 20.8. The lowest BCUT2D eigenvalue weighted by atomic mass is 10.2. The molecule has 152 valence electrons. The van der Waals surface area contributed by atoms with Gasteiger partial charge in [0.25, 0.3) is 10.0 Å². The third-order valence-electron chi connectivity index (χ3n) is 4.01. The van der Waals surface area contributed by atoms with Crippen LogP contribution in [0.4, 0.5) is 11.4 Å². The van der Waals surface area contributed by atoms with Crippen LogP contribution in [0.2, 0.25) is 0 Å². The van der Waals surface area contributed by atoms with Crippen LogP contribution in [0.25, 0.3) is 12.2 Å². The first-order chi connectivity index (χ1) is 13.8. The Morgan fingerprint density at radius 3 is 2.72 bits per heavy atom. The van der Waals surface area contributed by atoms with Gasteiger partial charge in [-0.05, 0) is 55.8 Å². The number of rotatable bonds is 7. The normalized spacial score (nSPS) is 11.7. The molecule has 9 heteroatoms. The zero-order chi connectivity index (χ0) is 21.0. The summed E-state index contributed by atoms with van der Waals surface area (Å²) in [5.41, 5.74) is 2.57. The van der Waals surface area contributed by atoms with Crippen LogP contribution in [0.1, 0.15) is 35.2 Å². The zero-order valence-corrected chi connectivity index (χ0v) is 17.9. The van der Waals surface area contributed by atoms with E-state index in [0.29, 0.717) is 29.2 Å². The van der Waals surface area contributed by atoms with Gasteiger partial charge in [-0.3, -0.25) is 9.52 Å². The van der Waals surface area contributed by atoms with Crippen LogP contribution in [0.5, 0.6) is 0 Å². The monoisotopic (exact) mass is 431 g/mol. The summed E-state index contributed by atoms with van der Waals surface area (Å²) in [5.74, 6) is 0.262. The Balaban J connectivity index is 1.78. The molecule has 2 aromatic heterocycles. The maximum Gasteiger partial charge on any atom is 0.271 e. The quantitative estimate of drug-likeness (QED) is 0.566. The average molecular weight is 432 g/mol. The average Bonchev–Trinajstić information content (AvgIpc) is 3.28. The number of anilines is 2. The number of benzene rings is 1. The van der Waals surface area contributed by atoms with E-state index in [2.05, 4.69) is 15.2 Å². The van der Waals surface area contributed by atoms with E-state index in [9.17, 15) is 13.2 Å². The van der Waals surface area contributed by atoms with Gasteiger partial charge in [-0.2, -0.15) is 0 Å². The highest BCUT2D eigenvalue weighted by Gasteiger charge is 2.17. The summed E-state index contributed by atoms with van der Waals surface area (Å²) < 4.78 is 33.3. The summed E-state index contributed by atoms with van der Waals surface area (Å²) in [5, 5.41) is 6.63. The molecule has 0 aliphatic heterocycles. The minimum atomic E-state index is -3.67. The number of aryl methyl sites for hydroxylation is 2. The van der Waals surface area contributed by atoms with Gasteiger partial charge in [-0.15, -0.1) is 11.3 Å². The van der Waals surface area contributed by atoms with Crippen LogP contribution >= 0.6 is 11.3 Å². The molecule has 1 aromatic carbocycles. The fraction of sp³-hybridized carbons (Fsp3) is 0.200. The summed E-state index contributed by atoms with van der Waals surface area (Å²) in [6, 6.07) is 10.4. The third kappa shape index (κ3) is 5.12. The Hall–Kier alpha value is -2.91. The number of sulfonamides is 1. The van der Waals surface area contributed by atoms with Gasteiger partial charge >= 0.3 is 0 Å². The summed E-state index contributed by atoms with van der Waals surface area (Å²) in [7, 11) is -3.67. The van der Waals surface area contributed by atoms with Gasteiger partial charge in [-0.25, -0.2) is 8.42 Å². The second-order valence-corrected chi connectivity index (χ2v) is 9.40. The predicted molar refractivity (Wildman–Crippen MR) is 115 cm³/mol. The number of nitrogens with one attached hydrogen (secondary N) is 2. The Labute approximate surface area is 173 Å². The Kier molecular flexibility index (Phi) is 6.19. The largest absolute Gasteiger partial charge is 0.354 e. The Morgan fingerprint density at radius 1 is 1.21 bits per heavy atom. The highest BCUT2D eigenvalue weighted by atomic mass is 32.2. The molecule has 0 atom stereocenters. The topological polar surface area (TPSA) is 101 Å². The molecule has 0 saturated carbocycles. The SMILES string of the molecule is CCC(=O)Nc1c(C)noc1C=Cc1ccc(S(=O)(=O)Nc2cccc(C)c2)s1. The van der Waals surface area contributed by atoms with E-state index in [-0.39, 0.29) is 10.1 Å². The number of hydrogen-bond acceptors (Lipinski definition) is 6. The molecule has 3 rings (SSSR count). The highest BCUT2D eigenvalue weighted by molar-refractivity contribution is 7.94. The lowest BCUT2D eigenvalue weighted by Crippen LogP contribution is -2.11. The smallest absolute Gasteiger partial charge is 0.271 e. The fourth-order valence-electron chi connectivity index (χ4n) is 2.52. The van der Waals surface area contributed by atoms with Crippen LogP contribution in [0.3, 0.4) is 0 Å². The van der Waals surface area contributed by atoms with E-state index in [1.165, 1.54) is 0 Å². The lowest BCUT2D eigenvalue weighted by Gasteiger charge is -2.06. The van der Waals surface area contributed by atoms with E-state index in [4.69, 9.17) is 4.52 Å². The Morgan fingerprint density at radius 2 is 2.00 bits per heavy atom. The molecule has 2 heterocycles. The van der Waals surface area contributed by atoms with Crippen LogP contribution in [-0.2, 0) is 14.8 Å². The summed E-state index contributed by atoms with van der Waals surface area (Å²) >= 11 is 1.13. The van der Waals surface area contributed by atoms with Crippen molar-refractivity contribution in [3.05, 3.63) is 58.3 Å². The van der Waals surface area contributed by atoms with Crippen LogP contribution in [-0.4, -0.2) is 19.5 Å². The molecule has 3 aromatic rings. The third-order valence-corrected chi connectivity index (χ3v) is 6.93. The molecule has 7 nitrogen and oxygen atoms in total. The van der Waals surface area contributed by atoms with Crippen molar-refractivity contribution in [1.29, 1.82) is 0 Å². The van der Waals surface area contributed by atoms with Crippen molar-refractivity contribution in [2.75, 3.05) is 10.0 Å². The van der Waals surface area contributed by atoms with E-state index in [1.807, 2.05) is 13.0 Å². The second-order valence-electron chi connectivity index (χ2n) is 6.37. The molecular weight excluding hydrogens is 410 g/mol. The minimum Gasteiger partial charge on any atom is -0.354 e. The first-order valence-corrected chi connectivity index (χ1v) is 11.2. The van der Waals surface area contributed by atoms with Gasteiger partial charge < -0.3 is 9.84 Å². The highest BCUT2D eigenvalue weighted by Crippen LogP contribution is 2.27. The van der Waals surface area contributed by atoms with Crippen molar-refractivity contribution in [3.8, 4) is 0 Å². The van der Waals surface area contributed by atoms with Gasteiger partial charge in [0.2, 0.25) is 5.91 Å². The van der Waals surface area contributed by atoms with Gasteiger partial charge in [0.05, 0.1) is 0 Å². The predicted octanol–water partition coefficient (Wildman–Crippen LogP) is 4.67. The first-order valence-electron chi connectivity index (χ1n) is 8.92. The molecule has 2 N–H and O–H groups in total. The lowest BCUT2D eigenvalue weighted by molar-refractivity contribution is -0.115. The molecule has 0 saturated heterocycles. The van der Waals surface area contributed by atoms with Gasteiger partial charge in [0.1, 0.15) is 15.6 Å². The molecule has 0 spiro atoms. The van der Waals surface area contributed by atoms with E-state index < -0.39 is 10.0 Å².